The van der Waals surface area contributed by atoms with Gasteiger partial charge in [0.2, 0.25) is 5.91 Å². The molecule has 1 aromatic carbocycles. The van der Waals surface area contributed by atoms with Gasteiger partial charge >= 0.3 is 5.97 Å². The van der Waals surface area contributed by atoms with Crippen molar-refractivity contribution < 1.29 is 19.1 Å². The van der Waals surface area contributed by atoms with E-state index in [0.29, 0.717) is 24.1 Å². The van der Waals surface area contributed by atoms with Crippen LogP contribution in [-0.2, 0) is 16.0 Å². The van der Waals surface area contributed by atoms with E-state index in [0.717, 1.165) is 5.56 Å². The van der Waals surface area contributed by atoms with Crippen molar-refractivity contribution in [2.24, 2.45) is 0 Å². The number of hydrogen-bond donors (Lipinski definition) is 2. The number of carbonyl (C=O) groups is 2. The number of hydrogen-bond acceptors (Lipinski definition) is 3. The second kappa shape index (κ2) is 6.74. The van der Waals surface area contributed by atoms with E-state index in [1.807, 2.05) is 6.07 Å². The Labute approximate surface area is 122 Å². The van der Waals surface area contributed by atoms with Gasteiger partial charge in [0.15, 0.2) is 0 Å². The van der Waals surface area contributed by atoms with Gasteiger partial charge in [-0.2, -0.15) is 0 Å². The summed E-state index contributed by atoms with van der Waals surface area (Å²) < 4.78 is 4.94. The van der Waals surface area contributed by atoms with Gasteiger partial charge in [0.25, 0.3) is 0 Å². The molecule has 0 radical (unpaired) electrons. The van der Waals surface area contributed by atoms with Gasteiger partial charge in [0.05, 0.1) is 18.4 Å². The normalized spacial score (nSPS) is 11.9. The zero-order valence-electron chi connectivity index (χ0n) is 11.7. The molecule has 21 heavy (non-hydrogen) atoms. The molecule has 0 aliphatic carbocycles. The molecule has 1 atom stereocenters. The van der Waals surface area contributed by atoms with Crippen LogP contribution in [0.3, 0.4) is 0 Å². The third kappa shape index (κ3) is 4.21. The van der Waals surface area contributed by atoms with Crippen LogP contribution in [0.4, 0.5) is 5.69 Å². The van der Waals surface area contributed by atoms with E-state index in [9.17, 15) is 9.59 Å². The first-order valence-corrected chi connectivity index (χ1v) is 6.70. The summed E-state index contributed by atoms with van der Waals surface area (Å²) in [4.78, 5) is 22.7. The molecule has 1 unspecified atom stereocenters. The Kier molecular flexibility index (Phi) is 4.77. The molecule has 5 nitrogen and oxygen atoms in total. The number of anilines is 1. The molecule has 0 bridgehead atoms. The number of furan rings is 1. The van der Waals surface area contributed by atoms with Crippen LogP contribution < -0.4 is 5.32 Å². The Morgan fingerprint density at radius 2 is 1.95 bits per heavy atom. The van der Waals surface area contributed by atoms with Crippen LogP contribution in [0.5, 0.6) is 0 Å². The lowest BCUT2D eigenvalue weighted by atomic mass is 10.0. The third-order valence-electron chi connectivity index (χ3n) is 3.29. The van der Waals surface area contributed by atoms with E-state index in [1.54, 1.807) is 43.7 Å². The molecule has 1 aromatic heterocycles. The first kappa shape index (κ1) is 14.8. The van der Waals surface area contributed by atoms with Gasteiger partial charge in [-0.05, 0) is 42.7 Å². The summed E-state index contributed by atoms with van der Waals surface area (Å²) in [5.74, 6) is -1.52. The SMILES string of the molecule is CC(C(=O)O)c1ccc(NC(=O)CCc2ccoc2)cc1. The maximum Gasteiger partial charge on any atom is 0.310 e. The number of carbonyl (C=O) groups excluding carboxylic acids is 1. The first-order chi connectivity index (χ1) is 10.1. The lowest BCUT2D eigenvalue weighted by Gasteiger charge is -2.09. The number of benzene rings is 1. The summed E-state index contributed by atoms with van der Waals surface area (Å²) in [6.07, 6.45) is 4.19. The molecule has 5 heteroatoms. The second-order valence-corrected chi connectivity index (χ2v) is 4.86. The Balaban J connectivity index is 1.88. The maximum absolute atomic E-state index is 11.8. The minimum Gasteiger partial charge on any atom is -0.481 e. The molecule has 0 spiro atoms. The molecule has 2 rings (SSSR count). The van der Waals surface area contributed by atoms with Gasteiger partial charge in [-0.25, -0.2) is 0 Å². The summed E-state index contributed by atoms with van der Waals surface area (Å²) in [7, 11) is 0. The number of amides is 1. The number of aliphatic carboxylic acids is 1. The summed E-state index contributed by atoms with van der Waals surface area (Å²) >= 11 is 0. The molecule has 0 aliphatic rings. The quantitative estimate of drug-likeness (QED) is 0.855. The molecule has 2 N–H and O–H groups in total. The zero-order chi connectivity index (χ0) is 15.2. The zero-order valence-corrected chi connectivity index (χ0v) is 11.7. The number of carboxylic acid groups (broad SMARTS) is 1. The van der Waals surface area contributed by atoms with Gasteiger partial charge in [0, 0.05) is 12.1 Å². The lowest BCUT2D eigenvalue weighted by molar-refractivity contribution is -0.138. The van der Waals surface area contributed by atoms with Crippen LogP contribution in [0.15, 0.2) is 47.3 Å². The fraction of sp³-hybridized carbons (Fsp3) is 0.250. The predicted octanol–water partition coefficient (Wildman–Crippen LogP) is 3.04. The smallest absolute Gasteiger partial charge is 0.310 e. The molecule has 110 valence electrons. The average Bonchev–Trinajstić information content (AvgIpc) is 2.98. The number of nitrogens with one attached hydrogen (secondary N) is 1. The van der Waals surface area contributed by atoms with Gasteiger partial charge in [-0.3, -0.25) is 9.59 Å². The molecule has 0 saturated carbocycles. The van der Waals surface area contributed by atoms with Gasteiger partial charge in [-0.15, -0.1) is 0 Å². The highest BCUT2D eigenvalue weighted by Gasteiger charge is 2.13. The average molecular weight is 287 g/mol. The van der Waals surface area contributed by atoms with Crippen molar-refractivity contribution in [2.45, 2.75) is 25.7 Å². The van der Waals surface area contributed by atoms with Crippen molar-refractivity contribution in [1.82, 2.24) is 0 Å². The Morgan fingerprint density at radius 1 is 1.24 bits per heavy atom. The second-order valence-electron chi connectivity index (χ2n) is 4.86. The molecule has 1 amide bonds. The minimum atomic E-state index is -0.869. The number of aryl methyl sites for hydroxylation is 1. The predicted molar refractivity (Wildman–Crippen MR) is 78.2 cm³/mol. The molecular weight excluding hydrogens is 270 g/mol. The largest absolute Gasteiger partial charge is 0.481 e. The monoisotopic (exact) mass is 287 g/mol. The first-order valence-electron chi connectivity index (χ1n) is 6.70. The molecule has 2 aromatic rings. The molecule has 0 fully saturated rings. The van der Waals surface area contributed by atoms with Gasteiger partial charge in [0.1, 0.15) is 0 Å². The standard InChI is InChI=1S/C16H17NO4/c1-11(16(19)20)13-3-5-14(6-4-13)17-15(18)7-2-12-8-9-21-10-12/h3-6,8-11H,2,7H2,1H3,(H,17,18)(H,19,20). The van der Waals surface area contributed by atoms with Crippen LogP contribution in [0, 0.1) is 0 Å². The fourth-order valence-electron chi connectivity index (χ4n) is 1.91. The van der Waals surface area contributed by atoms with Crippen molar-refractivity contribution in [2.75, 3.05) is 5.32 Å². The summed E-state index contributed by atoms with van der Waals surface area (Å²) in [5, 5.41) is 11.7. The van der Waals surface area contributed by atoms with Crippen molar-refractivity contribution >= 4 is 17.6 Å². The van der Waals surface area contributed by atoms with E-state index < -0.39 is 11.9 Å². The summed E-state index contributed by atoms with van der Waals surface area (Å²) in [5.41, 5.74) is 2.35. The summed E-state index contributed by atoms with van der Waals surface area (Å²) in [6.45, 7) is 1.63. The number of rotatable bonds is 6. The van der Waals surface area contributed by atoms with Crippen molar-refractivity contribution in [3.63, 3.8) is 0 Å². The molecule has 1 heterocycles. The Bertz CT molecular complexity index is 602. The molecule has 0 aliphatic heterocycles. The van der Waals surface area contributed by atoms with E-state index in [2.05, 4.69) is 5.32 Å². The van der Waals surface area contributed by atoms with Crippen molar-refractivity contribution in [3.05, 3.63) is 54.0 Å². The van der Waals surface area contributed by atoms with E-state index in [-0.39, 0.29) is 5.91 Å². The Morgan fingerprint density at radius 3 is 2.52 bits per heavy atom. The van der Waals surface area contributed by atoms with Gasteiger partial charge in [-0.1, -0.05) is 12.1 Å². The highest BCUT2D eigenvalue weighted by atomic mass is 16.4. The van der Waals surface area contributed by atoms with Crippen LogP contribution in [0.2, 0.25) is 0 Å². The summed E-state index contributed by atoms with van der Waals surface area (Å²) in [6, 6.07) is 8.68. The number of carboxylic acids is 1. The van der Waals surface area contributed by atoms with Crippen LogP contribution >= 0.6 is 0 Å². The Hall–Kier alpha value is -2.56. The highest BCUT2D eigenvalue weighted by molar-refractivity contribution is 5.90. The highest BCUT2D eigenvalue weighted by Crippen LogP contribution is 2.18. The van der Waals surface area contributed by atoms with Crippen molar-refractivity contribution in [3.8, 4) is 0 Å². The lowest BCUT2D eigenvalue weighted by Crippen LogP contribution is -2.12. The molecule has 0 saturated heterocycles. The van der Waals surface area contributed by atoms with Crippen molar-refractivity contribution in [1.29, 1.82) is 0 Å². The van der Waals surface area contributed by atoms with Crippen LogP contribution in [0.25, 0.3) is 0 Å². The van der Waals surface area contributed by atoms with Crippen LogP contribution in [0.1, 0.15) is 30.4 Å². The van der Waals surface area contributed by atoms with E-state index in [1.165, 1.54) is 0 Å². The van der Waals surface area contributed by atoms with E-state index >= 15 is 0 Å². The topological polar surface area (TPSA) is 79.5 Å². The third-order valence-corrected chi connectivity index (χ3v) is 3.29. The fourth-order valence-corrected chi connectivity index (χ4v) is 1.91. The minimum absolute atomic E-state index is 0.0877. The maximum atomic E-state index is 11.8. The van der Waals surface area contributed by atoms with Gasteiger partial charge < -0.3 is 14.8 Å². The van der Waals surface area contributed by atoms with Crippen LogP contribution in [-0.4, -0.2) is 17.0 Å². The van der Waals surface area contributed by atoms with E-state index in [4.69, 9.17) is 9.52 Å². The molecular formula is C16H17NO4.